The largest absolute Gasteiger partial charge is 0.299 e. The second kappa shape index (κ2) is 8.18. The summed E-state index contributed by atoms with van der Waals surface area (Å²) in [6.07, 6.45) is 10.8. The minimum absolute atomic E-state index is 0.00195. The number of nitrogens with zero attached hydrogens (tertiary/aromatic N) is 6. The lowest BCUT2D eigenvalue weighted by atomic mass is 9.96. The monoisotopic (exact) mass is 362 g/mol. The molecule has 0 saturated carbocycles. The summed E-state index contributed by atoms with van der Waals surface area (Å²) in [4.78, 5) is 23.4. The number of pyridine rings is 1. The smallest absolute Gasteiger partial charge is 0.253 e. The van der Waals surface area contributed by atoms with Crippen LogP contribution in [-0.2, 0) is 13.1 Å². The van der Waals surface area contributed by atoms with Crippen LogP contribution in [0.4, 0.5) is 0 Å². The van der Waals surface area contributed by atoms with Crippen LogP contribution in [0, 0.1) is 5.92 Å². The molecule has 0 radical (unpaired) electrons. The first-order valence-corrected chi connectivity index (χ1v) is 9.23. The van der Waals surface area contributed by atoms with Crippen molar-refractivity contribution in [3.8, 4) is 11.3 Å². The summed E-state index contributed by atoms with van der Waals surface area (Å²) in [5.41, 5.74) is 2.80. The Labute approximate surface area is 157 Å². The van der Waals surface area contributed by atoms with Gasteiger partial charge in [-0.25, -0.2) is 4.98 Å². The van der Waals surface area contributed by atoms with Crippen molar-refractivity contribution in [2.75, 3.05) is 13.1 Å². The van der Waals surface area contributed by atoms with Crippen molar-refractivity contribution >= 4 is 0 Å². The van der Waals surface area contributed by atoms with E-state index in [1.54, 1.807) is 35.6 Å². The third-order valence-electron chi connectivity index (χ3n) is 5.07. The lowest BCUT2D eigenvalue weighted by molar-refractivity contribution is 0.166. The van der Waals surface area contributed by atoms with E-state index < -0.39 is 0 Å². The Morgan fingerprint density at radius 1 is 1.04 bits per heavy atom. The summed E-state index contributed by atoms with van der Waals surface area (Å²) in [6.45, 7) is 3.70. The molecule has 4 rings (SSSR count). The molecule has 1 aliphatic rings. The number of likely N-dealkylation sites (tertiary alicyclic amines) is 1. The van der Waals surface area contributed by atoms with Crippen molar-refractivity contribution in [1.82, 2.24) is 29.6 Å². The van der Waals surface area contributed by atoms with Crippen LogP contribution in [0.2, 0.25) is 0 Å². The summed E-state index contributed by atoms with van der Waals surface area (Å²) in [6, 6.07) is 7.34. The zero-order chi connectivity index (χ0) is 18.5. The normalized spacial score (nSPS) is 15.7. The molecule has 0 aromatic carbocycles. The van der Waals surface area contributed by atoms with Crippen LogP contribution in [0.3, 0.4) is 0 Å². The lowest BCUT2D eigenvalue weighted by Gasteiger charge is -2.32. The quantitative estimate of drug-likeness (QED) is 0.691. The van der Waals surface area contributed by atoms with Gasteiger partial charge in [0.25, 0.3) is 5.56 Å². The third kappa shape index (κ3) is 4.43. The predicted octanol–water partition coefficient (Wildman–Crippen LogP) is 2.01. The van der Waals surface area contributed by atoms with Crippen LogP contribution < -0.4 is 5.56 Å². The Morgan fingerprint density at radius 2 is 1.85 bits per heavy atom. The first-order chi connectivity index (χ1) is 13.3. The molecule has 0 spiro atoms. The van der Waals surface area contributed by atoms with Crippen molar-refractivity contribution in [3.05, 3.63) is 71.3 Å². The summed E-state index contributed by atoms with van der Waals surface area (Å²) in [7, 11) is 0. The molecule has 0 aliphatic carbocycles. The molecule has 1 fully saturated rings. The van der Waals surface area contributed by atoms with E-state index in [0.29, 0.717) is 11.6 Å². The summed E-state index contributed by atoms with van der Waals surface area (Å²) in [5, 5.41) is 7.76. The Morgan fingerprint density at radius 3 is 2.56 bits per heavy atom. The maximum atomic E-state index is 12.5. The fourth-order valence-corrected chi connectivity index (χ4v) is 3.52. The number of hydrogen-bond acceptors (Lipinski definition) is 6. The Hall–Kier alpha value is -2.93. The van der Waals surface area contributed by atoms with E-state index in [1.807, 2.05) is 24.4 Å². The second-order valence-electron chi connectivity index (χ2n) is 6.97. The molecule has 138 valence electrons. The van der Waals surface area contributed by atoms with E-state index in [-0.39, 0.29) is 5.56 Å². The molecule has 0 atom stereocenters. The highest BCUT2D eigenvalue weighted by atomic mass is 16.1. The predicted molar refractivity (Wildman–Crippen MR) is 102 cm³/mol. The number of piperidine rings is 1. The molecule has 1 aliphatic heterocycles. The topological polar surface area (TPSA) is 76.8 Å². The molecule has 0 unspecified atom stereocenters. The fourth-order valence-electron chi connectivity index (χ4n) is 3.52. The van der Waals surface area contributed by atoms with Crippen molar-refractivity contribution in [2.24, 2.45) is 5.92 Å². The van der Waals surface area contributed by atoms with Crippen molar-refractivity contribution in [1.29, 1.82) is 0 Å². The molecule has 3 aromatic rings. The Bertz CT molecular complexity index is 920. The number of rotatable bonds is 5. The summed E-state index contributed by atoms with van der Waals surface area (Å²) >= 11 is 0. The van der Waals surface area contributed by atoms with Gasteiger partial charge in [-0.2, -0.15) is 10.2 Å². The Balaban J connectivity index is 1.34. The highest BCUT2D eigenvalue weighted by molar-refractivity contribution is 5.57. The first-order valence-electron chi connectivity index (χ1n) is 9.23. The highest BCUT2D eigenvalue weighted by Gasteiger charge is 2.20. The molecule has 3 aromatic heterocycles. The van der Waals surface area contributed by atoms with Gasteiger partial charge in [-0.05, 0) is 55.6 Å². The molecule has 27 heavy (non-hydrogen) atoms. The van der Waals surface area contributed by atoms with E-state index in [9.17, 15) is 4.79 Å². The minimum atomic E-state index is 0.00195. The van der Waals surface area contributed by atoms with Crippen molar-refractivity contribution in [3.63, 3.8) is 0 Å². The highest BCUT2D eigenvalue weighted by Crippen LogP contribution is 2.20. The van der Waals surface area contributed by atoms with Gasteiger partial charge in [-0.15, -0.1) is 0 Å². The van der Waals surface area contributed by atoms with E-state index in [2.05, 4.69) is 25.1 Å². The zero-order valence-electron chi connectivity index (χ0n) is 15.1. The first kappa shape index (κ1) is 17.5. The maximum absolute atomic E-state index is 12.5. The summed E-state index contributed by atoms with van der Waals surface area (Å²) < 4.78 is 1.73. The SMILES string of the molecule is O=c1cc(-c2ccncc2)ncn1CC1CCN(Cc2ccnnc2)CC1. The molecule has 1 saturated heterocycles. The van der Waals surface area contributed by atoms with E-state index in [4.69, 9.17) is 0 Å². The van der Waals surface area contributed by atoms with Gasteiger partial charge in [0, 0.05) is 43.3 Å². The van der Waals surface area contributed by atoms with Crippen LogP contribution in [0.15, 0.2) is 60.2 Å². The molecule has 7 heteroatoms. The maximum Gasteiger partial charge on any atom is 0.253 e. The van der Waals surface area contributed by atoms with Gasteiger partial charge >= 0.3 is 0 Å². The lowest BCUT2D eigenvalue weighted by Crippen LogP contribution is -2.36. The van der Waals surface area contributed by atoms with Gasteiger partial charge in [0.1, 0.15) is 0 Å². The third-order valence-corrected chi connectivity index (χ3v) is 5.07. The van der Waals surface area contributed by atoms with E-state index in [0.717, 1.165) is 44.6 Å². The van der Waals surface area contributed by atoms with Crippen LogP contribution in [-0.4, -0.2) is 42.7 Å². The second-order valence-corrected chi connectivity index (χ2v) is 6.97. The Kier molecular flexibility index (Phi) is 5.29. The average Bonchev–Trinajstić information content (AvgIpc) is 2.72. The van der Waals surface area contributed by atoms with Crippen LogP contribution in [0.1, 0.15) is 18.4 Å². The molecule has 0 amide bonds. The minimum Gasteiger partial charge on any atom is -0.299 e. The molecular weight excluding hydrogens is 340 g/mol. The van der Waals surface area contributed by atoms with Gasteiger partial charge < -0.3 is 0 Å². The zero-order valence-corrected chi connectivity index (χ0v) is 15.1. The number of hydrogen-bond donors (Lipinski definition) is 0. The number of aromatic nitrogens is 5. The fraction of sp³-hybridized carbons (Fsp3) is 0.350. The summed E-state index contributed by atoms with van der Waals surface area (Å²) in [5.74, 6) is 0.503. The molecular formula is C20H22N6O. The van der Waals surface area contributed by atoms with Crippen LogP contribution in [0.25, 0.3) is 11.3 Å². The molecule has 4 heterocycles. The van der Waals surface area contributed by atoms with Crippen LogP contribution in [0.5, 0.6) is 0 Å². The molecule has 0 N–H and O–H groups in total. The van der Waals surface area contributed by atoms with Gasteiger partial charge in [-0.1, -0.05) is 0 Å². The van der Waals surface area contributed by atoms with E-state index in [1.165, 1.54) is 5.56 Å². The van der Waals surface area contributed by atoms with Crippen molar-refractivity contribution < 1.29 is 0 Å². The van der Waals surface area contributed by atoms with Crippen LogP contribution >= 0.6 is 0 Å². The van der Waals surface area contributed by atoms with Gasteiger partial charge in [0.05, 0.1) is 18.2 Å². The van der Waals surface area contributed by atoms with Gasteiger partial charge in [0.15, 0.2) is 0 Å². The standard InChI is InChI=1S/C20H22N6O/c27-20-11-19(18-2-6-21-7-3-18)22-15-26(20)14-16-4-9-25(10-5-16)13-17-1-8-23-24-12-17/h1-3,6-8,11-12,15-16H,4-5,9-10,13-14H2. The van der Waals surface area contributed by atoms with Gasteiger partial charge in [-0.3, -0.25) is 19.2 Å². The van der Waals surface area contributed by atoms with Crippen molar-refractivity contribution in [2.45, 2.75) is 25.9 Å². The van der Waals surface area contributed by atoms with Gasteiger partial charge in [0.2, 0.25) is 0 Å². The molecule has 7 nitrogen and oxygen atoms in total. The van der Waals surface area contributed by atoms with E-state index >= 15 is 0 Å². The molecule has 0 bridgehead atoms. The average molecular weight is 362 g/mol.